The molecular weight excluding hydrogens is 350 g/mol. The molecule has 0 radical (unpaired) electrons. The molecule has 22 heavy (non-hydrogen) atoms. The van der Waals surface area contributed by atoms with E-state index < -0.39 is 12.1 Å². The molecule has 1 amide bonds. The van der Waals surface area contributed by atoms with Crippen LogP contribution in [-0.4, -0.2) is 22.1 Å². The molecular formula is C15H18BrN3O3. The number of carbonyl (C=O) groups excluding carboxylic acids is 1. The highest BCUT2D eigenvalue weighted by molar-refractivity contribution is 9.10. The minimum absolute atomic E-state index is 0.134. The first-order chi connectivity index (χ1) is 10.4. The monoisotopic (exact) mass is 367 g/mol. The van der Waals surface area contributed by atoms with Gasteiger partial charge in [-0.2, -0.15) is 0 Å². The van der Waals surface area contributed by atoms with Crippen molar-refractivity contribution in [3.05, 3.63) is 52.1 Å². The lowest BCUT2D eigenvalue weighted by Crippen LogP contribution is -2.27. The van der Waals surface area contributed by atoms with Crippen molar-refractivity contribution in [1.82, 2.24) is 10.3 Å². The maximum absolute atomic E-state index is 12.2. The molecule has 3 unspecified atom stereocenters. The molecule has 1 aromatic heterocycles. The molecule has 1 heterocycles. The van der Waals surface area contributed by atoms with Crippen molar-refractivity contribution in [2.24, 2.45) is 5.73 Å². The quantitative estimate of drug-likeness (QED) is 0.752. The number of nitrogens with zero attached hydrogens (tertiary/aromatic N) is 1. The molecule has 0 bridgehead atoms. The predicted molar refractivity (Wildman–Crippen MR) is 85.1 cm³/mol. The maximum Gasteiger partial charge on any atom is 0.273 e. The second kappa shape index (κ2) is 7.04. The fourth-order valence-corrected chi connectivity index (χ4v) is 2.12. The van der Waals surface area contributed by atoms with Crippen LogP contribution in [0.3, 0.4) is 0 Å². The first-order valence-electron chi connectivity index (χ1n) is 6.84. The van der Waals surface area contributed by atoms with Gasteiger partial charge in [-0.05, 0) is 31.5 Å². The highest BCUT2D eigenvalue weighted by atomic mass is 79.9. The topological polar surface area (TPSA) is 101 Å². The van der Waals surface area contributed by atoms with E-state index in [1.54, 1.807) is 0 Å². The van der Waals surface area contributed by atoms with Crippen LogP contribution in [0.5, 0.6) is 0 Å². The maximum atomic E-state index is 12.2. The van der Waals surface area contributed by atoms with Crippen LogP contribution in [0.2, 0.25) is 0 Å². The van der Waals surface area contributed by atoms with Crippen LogP contribution in [0.4, 0.5) is 0 Å². The zero-order valence-electron chi connectivity index (χ0n) is 12.3. The lowest BCUT2D eigenvalue weighted by atomic mass is 10.1. The average molecular weight is 368 g/mol. The summed E-state index contributed by atoms with van der Waals surface area (Å²) in [7, 11) is 0. The van der Waals surface area contributed by atoms with Crippen molar-refractivity contribution in [2.75, 3.05) is 0 Å². The van der Waals surface area contributed by atoms with E-state index in [0.717, 1.165) is 10.0 Å². The number of hydrogen-bond acceptors (Lipinski definition) is 5. The van der Waals surface area contributed by atoms with Gasteiger partial charge in [-0.3, -0.25) is 4.79 Å². The molecule has 4 N–H and O–H groups in total. The SMILES string of the molecule is CC(NC(=O)c1coc(C(N)C(C)O)n1)c1ccc(Br)cc1. The minimum Gasteiger partial charge on any atom is -0.446 e. The number of benzene rings is 1. The Morgan fingerprint density at radius 1 is 1.36 bits per heavy atom. The summed E-state index contributed by atoms with van der Waals surface area (Å²) in [6.45, 7) is 3.41. The highest BCUT2D eigenvalue weighted by Gasteiger charge is 2.21. The van der Waals surface area contributed by atoms with E-state index in [9.17, 15) is 9.90 Å². The van der Waals surface area contributed by atoms with Crippen LogP contribution >= 0.6 is 15.9 Å². The highest BCUT2D eigenvalue weighted by Crippen LogP contribution is 2.18. The Bertz CT molecular complexity index is 640. The molecule has 2 aromatic rings. The summed E-state index contributed by atoms with van der Waals surface area (Å²) in [5.74, 6) is -0.223. The molecule has 7 heteroatoms. The van der Waals surface area contributed by atoms with Gasteiger partial charge in [0.15, 0.2) is 5.69 Å². The fourth-order valence-electron chi connectivity index (χ4n) is 1.86. The van der Waals surface area contributed by atoms with Gasteiger partial charge in [-0.15, -0.1) is 0 Å². The van der Waals surface area contributed by atoms with Gasteiger partial charge < -0.3 is 20.6 Å². The zero-order valence-corrected chi connectivity index (χ0v) is 13.9. The second-order valence-corrected chi connectivity index (χ2v) is 6.00. The van der Waals surface area contributed by atoms with Gasteiger partial charge in [0.1, 0.15) is 12.3 Å². The molecule has 0 aliphatic heterocycles. The predicted octanol–water partition coefficient (Wildman–Crippen LogP) is 2.31. The standard InChI is InChI=1S/C15H18BrN3O3/c1-8(10-3-5-11(16)6-4-10)18-14(21)12-7-22-15(19-12)13(17)9(2)20/h3-9,13,20H,17H2,1-2H3,(H,18,21). The Kier molecular flexibility index (Phi) is 5.33. The number of aliphatic hydroxyl groups is 1. The Balaban J connectivity index is 2.04. The number of nitrogens with one attached hydrogen (secondary N) is 1. The van der Waals surface area contributed by atoms with E-state index in [-0.39, 0.29) is 23.5 Å². The summed E-state index contributed by atoms with van der Waals surface area (Å²) in [6.07, 6.45) is 0.428. The minimum atomic E-state index is -0.809. The van der Waals surface area contributed by atoms with Crippen molar-refractivity contribution in [2.45, 2.75) is 32.0 Å². The molecule has 0 fully saturated rings. The number of halogens is 1. The average Bonchev–Trinajstić information content (AvgIpc) is 2.96. The molecule has 1 aromatic carbocycles. The Labute approximate surface area is 136 Å². The largest absolute Gasteiger partial charge is 0.446 e. The fraction of sp³-hybridized carbons (Fsp3) is 0.333. The van der Waals surface area contributed by atoms with Gasteiger partial charge in [-0.25, -0.2) is 4.98 Å². The smallest absolute Gasteiger partial charge is 0.273 e. The molecule has 0 aliphatic rings. The van der Waals surface area contributed by atoms with E-state index in [0.29, 0.717) is 0 Å². The third-order valence-electron chi connectivity index (χ3n) is 3.28. The van der Waals surface area contributed by atoms with Crippen molar-refractivity contribution in [3.63, 3.8) is 0 Å². The van der Waals surface area contributed by atoms with Crippen molar-refractivity contribution in [1.29, 1.82) is 0 Å². The van der Waals surface area contributed by atoms with Gasteiger partial charge in [0, 0.05) is 4.47 Å². The van der Waals surface area contributed by atoms with Crippen LogP contribution in [0.1, 0.15) is 47.9 Å². The number of amides is 1. The number of hydrogen-bond donors (Lipinski definition) is 3. The lowest BCUT2D eigenvalue weighted by Gasteiger charge is -2.13. The summed E-state index contributed by atoms with van der Waals surface area (Å²) < 4.78 is 6.12. The summed E-state index contributed by atoms with van der Waals surface area (Å²) in [5, 5.41) is 12.2. The molecule has 0 saturated carbocycles. The van der Waals surface area contributed by atoms with Crippen molar-refractivity contribution >= 4 is 21.8 Å². The van der Waals surface area contributed by atoms with E-state index in [1.165, 1.54) is 13.2 Å². The molecule has 6 nitrogen and oxygen atoms in total. The van der Waals surface area contributed by atoms with E-state index >= 15 is 0 Å². The Morgan fingerprint density at radius 3 is 2.59 bits per heavy atom. The number of aromatic nitrogens is 1. The number of aliphatic hydroxyl groups excluding tert-OH is 1. The van der Waals surface area contributed by atoms with Gasteiger partial charge in [0.05, 0.1) is 12.1 Å². The molecule has 0 spiro atoms. The van der Waals surface area contributed by atoms with E-state index in [2.05, 4.69) is 26.2 Å². The van der Waals surface area contributed by atoms with Crippen LogP contribution in [-0.2, 0) is 0 Å². The van der Waals surface area contributed by atoms with Crippen LogP contribution in [0.15, 0.2) is 39.4 Å². The number of carbonyl (C=O) groups is 1. The van der Waals surface area contributed by atoms with Gasteiger partial charge in [0.25, 0.3) is 5.91 Å². The van der Waals surface area contributed by atoms with E-state index in [4.69, 9.17) is 10.2 Å². The van der Waals surface area contributed by atoms with E-state index in [1.807, 2.05) is 31.2 Å². The number of rotatable bonds is 5. The van der Waals surface area contributed by atoms with Crippen LogP contribution < -0.4 is 11.1 Å². The summed E-state index contributed by atoms with van der Waals surface area (Å²) in [4.78, 5) is 16.2. The molecule has 3 atom stereocenters. The molecule has 2 rings (SSSR count). The van der Waals surface area contributed by atoms with Gasteiger partial charge in [-0.1, -0.05) is 28.1 Å². The zero-order chi connectivity index (χ0) is 16.3. The number of oxazole rings is 1. The lowest BCUT2D eigenvalue weighted by molar-refractivity contribution is 0.0934. The van der Waals surface area contributed by atoms with Crippen LogP contribution in [0.25, 0.3) is 0 Å². The third-order valence-corrected chi connectivity index (χ3v) is 3.81. The molecule has 0 saturated heterocycles. The third kappa shape index (κ3) is 3.94. The molecule has 0 aliphatic carbocycles. The summed E-state index contributed by atoms with van der Waals surface area (Å²) in [5.41, 5.74) is 6.82. The first kappa shape index (κ1) is 16.7. The summed E-state index contributed by atoms with van der Waals surface area (Å²) >= 11 is 3.37. The van der Waals surface area contributed by atoms with Crippen LogP contribution in [0, 0.1) is 0 Å². The van der Waals surface area contributed by atoms with Gasteiger partial charge in [0.2, 0.25) is 5.89 Å². The Morgan fingerprint density at radius 2 is 2.00 bits per heavy atom. The number of nitrogens with two attached hydrogens (primary N) is 1. The summed E-state index contributed by atoms with van der Waals surface area (Å²) in [6, 6.07) is 6.73. The first-order valence-corrected chi connectivity index (χ1v) is 7.63. The van der Waals surface area contributed by atoms with Crippen molar-refractivity contribution < 1.29 is 14.3 Å². The van der Waals surface area contributed by atoms with Gasteiger partial charge >= 0.3 is 0 Å². The Hall–Kier alpha value is -1.70. The second-order valence-electron chi connectivity index (χ2n) is 5.08. The van der Waals surface area contributed by atoms with Crippen molar-refractivity contribution in [3.8, 4) is 0 Å². The molecule has 118 valence electrons. The normalized spacial score (nSPS) is 15.1.